The van der Waals surface area contributed by atoms with Crippen molar-refractivity contribution in [3.8, 4) is 0 Å². The molecule has 0 aromatic carbocycles. The maximum atomic E-state index is 13.1. The van der Waals surface area contributed by atoms with E-state index >= 15 is 0 Å². The van der Waals surface area contributed by atoms with E-state index < -0.39 is 97.5 Å². The molecule has 0 bridgehead atoms. The lowest BCUT2D eigenvalue weighted by Crippen LogP contribution is -2.30. The van der Waals surface area contributed by atoms with Crippen LogP contribution < -0.4 is 0 Å². The first kappa shape index (κ1) is 92.0. The van der Waals surface area contributed by atoms with Gasteiger partial charge in [-0.3, -0.25) is 37.3 Å². The molecule has 0 fully saturated rings. The van der Waals surface area contributed by atoms with Gasteiger partial charge in [0.1, 0.15) is 19.3 Å². The summed E-state index contributed by atoms with van der Waals surface area (Å²) in [5.41, 5.74) is 0. The normalized spacial score (nSPS) is 14.5. The van der Waals surface area contributed by atoms with Gasteiger partial charge in [0.25, 0.3) is 0 Å². The Morgan fingerprint density at radius 2 is 0.583 bits per heavy atom. The summed E-state index contributed by atoms with van der Waals surface area (Å²) in [4.78, 5) is 72.7. The third kappa shape index (κ3) is 68.5. The molecule has 17 nitrogen and oxygen atoms in total. The molecular formula is C77H134O17P2. The highest BCUT2D eigenvalue weighted by atomic mass is 31.2. The van der Waals surface area contributed by atoms with E-state index in [1.54, 1.807) is 6.08 Å². The van der Waals surface area contributed by atoms with E-state index in [-0.39, 0.29) is 25.7 Å². The minimum atomic E-state index is -4.99. The number of phosphoric acid groups is 2. The van der Waals surface area contributed by atoms with Crippen LogP contribution in [0.2, 0.25) is 0 Å². The number of allylic oxidation sites excluding steroid dienone is 15. The molecule has 5 atom stereocenters. The number of hydrogen-bond acceptors (Lipinski definition) is 15. The van der Waals surface area contributed by atoms with Gasteiger partial charge in [-0.1, -0.05) is 298 Å². The van der Waals surface area contributed by atoms with Crippen molar-refractivity contribution in [3.05, 3.63) is 97.2 Å². The van der Waals surface area contributed by atoms with Crippen molar-refractivity contribution >= 4 is 39.5 Å². The van der Waals surface area contributed by atoms with Crippen LogP contribution in [0.25, 0.3) is 0 Å². The first-order chi connectivity index (χ1) is 46.7. The van der Waals surface area contributed by atoms with Gasteiger partial charge >= 0.3 is 39.5 Å². The van der Waals surface area contributed by atoms with Crippen LogP contribution in [0.1, 0.15) is 310 Å². The van der Waals surface area contributed by atoms with Gasteiger partial charge in [-0.15, -0.1) is 0 Å². The smallest absolute Gasteiger partial charge is 0.462 e. The van der Waals surface area contributed by atoms with Crippen molar-refractivity contribution in [2.75, 3.05) is 39.6 Å². The molecule has 3 N–H and O–H groups in total. The summed E-state index contributed by atoms with van der Waals surface area (Å²) >= 11 is 0. The first-order valence-corrected chi connectivity index (χ1v) is 40.5. The van der Waals surface area contributed by atoms with Crippen LogP contribution in [-0.4, -0.2) is 96.7 Å². The maximum absolute atomic E-state index is 13.1. The second-order valence-corrected chi connectivity index (χ2v) is 27.8. The Hall–Kier alpha value is -4.02. The minimum Gasteiger partial charge on any atom is -0.462 e. The minimum absolute atomic E-state index is 0.0687. The van der Waals surface area contributed by atoms with E-state index in [0.29, 0.717) is 25.7 Å². The summed E-state index contributed by atoms with van der Waals surface area (Å²) in [6, 6.07) is 0. The van der Waals surface area contributed by atoms with Gasteiger partial charge in [0, 0.05) is 19.3 Å². The molecule has 96 heavy (non-hydrogen) atoms. The predicted molar refractivity (Wildman–Crippen MR) is 390 cm³/mol. The molecule has 0 saturated heterocycles. The summed E-state index contributed by atoms with van der Waals surface area (Å²) in [6.45, 7) is 4.53. The Morgan fingerprint density at radius 3 is 0.927 bits per heavy atom. The second kappa shape index (κ2) is 69.5. The van der Waals surface area contributed by atoms with Crippen LogP contribution in [0, 0.1) is 0 Å². The standard InChI is InChI=1S/C77H134O17P2/c1-5-9-13-17-21-25-29-32-35-38-42-45-49-53-57-61-74(79)87-67-72(93-76(81)63-59-55-51-47-41-28-24-20-16-12-8-4)69-91-95(83,84)89-65-71(78)66-90-96(85,86)92-70-73(94-77(82)64-60-56-52-48-44-40-37-34-31-27-23-19-15-11-7-3)68-88-75(80)62-58-54-50-46-43-39-36-33-30-26-22-18-14-10-6-2/h9-10,13-14,21-22,25-26,32-33,35-36,42,45,53,57,71-73,78H,5-8,11-12,15-20,23-24,27-31,34,37-41,43-44,46-52,54-56,58-70H2,1-4H3,(H,83,84)(H,85,86)/b13-9-,14-10-,25-21-,26-22-,35-32-,36-33-,45-42-,57-53-. The van der Waals surface area contributed by atoms with E-state index in [1.165, 1.54) is 103 Å². The number of unbranched alkanes of at least 4 members (excludes halogenated alkanes) is 29. The zero-order valence-corrected chi connectivity index (χ0v) is 62.1. The van der Waals surface area contributed by atoms with Gasteiger partial charge in [0.2, 0.25) is 0 Å². The monoisotopic (exact) mass is 1390 g/mol. The quantitative estimate of drug-likeness (QED) is 0.0169. The van der Waals surface area contributed by atoms with E-state index in [2.05, 4.69) is 101 Å². The Labute approximate surface area is 582 Å². The number of carbonyl (C=O) groups is 4. The topological polar surface area (TPSA) is 237 Å². The van der Waals surface area contributed by atoms with Gasteiger partial charge < -0.3 is 33.8 Å². The van der Waals surface area contributed by atoms with Crippen molar-refractivity contribution in [3.63, 3.8) is 0 Å². The summed E-state index contributed by atoms with van der Waals surface area (Å²) in [5.74, 6) is -2.32. The highest BCUT2D eigenvalue weighted by Gasteiger charge is 2.30. The molecule has 0 spiro atoms. The van der Waals surface area contributed by atoms with E-state index in [4.69, 9.17) is 37.0 Å². The van der Waals surface area contributed by atoms with Crippen molar-refractivity contribution in [1.82, 2.24) is 0 Å². The zero-order valence-electron chi connectivity index (χ0n) is 60.3. The fourth-order valence-corrected chi connectivity index (χ4v) is 11.5. The van der Waals surface area contributed by atoms with Gasteiger partial charge in [-0.2, -0.15) is 0 Å². The lowest BCUT2D eigenvalue weighted by molar-refractivity contribution is -0.161. The molecule has 19 heteroatoms. The number of carbonyl (C=O) groups excluding carboxylic acids is 4. The Morgan fingerprint density at radius 1 is 0.312 bits per heavy atom. The number of ether oxygens (including phenoxy) is 4. The first-order valence-electron chi connectivity index (χ1n) is 37.5. The highest BCUT2D eigenvalue weighted by molar-refractivity contribution is 7.47. The summed E-state index contributed by atoms with van der Waals surface area (Å²) in [5, 5.41) is 10.6. The average Bonchev–Trinajstić information content (AvgIpc) is 1.11. The summed E-state index contributed by atoms with van der Waals surface area (Å²) in [7, 11) is -9.96. The molecule has 0 aliphatic rings. The number of aliphatic hydroxyl groups excluding tert-OH is 1. The fourth-order valence-electron chi connectivity index (χ4n) is 9.96. The number of hydrogen-bond donors (Lipinski definition) is 3. The van der Waals surface area contributed by atoms with E-state index in [9.17, 15) is 43.2 Å². The Bertz CT molecular complexity index is 2200. The molecular weight excluding hydrogens is 1260 g/mol. The Kier molecular flexibility index (Phi) is 66.6. The van der Waals surface area contributed by atoms with Crippen LogP contribution >= 0.6 is 15.6 Å². The highest BCUT2D eigenvalue weighted by Crippen LogP contribution is 2.45. The molecule has 0 aliphatic heterocycles. The van der Waals surface area contributed by atoms with Gasteiger partial charge in [0.15, 0.2) is 12.2 Å². The van der Waals surface area contributed by atoms with Crippen LogP contribution in [0.4, 0.5) is 0 Å². The largest absolute Gasteiger partial charge is 0.472 e. The van der Waals surface area contributed by atoms with E-state index in [1.807, 2.05) is 18.2 Å². The van der Waals surface area contributed by atoms with Crippen LogP contribution in [0.5, 0.6) is 0 Å². The molecule has 0 aliphatic carbocycles. The van der Waals surface area contributed by atoms with Gasteiger partial charge in [-0.05, 0) is 83.5 Å². The third-order valence-electron chi connectivity index (χ3n) is 15.6. The van der Waals surface area contributed by atoms with Crippen LogP contribution in [-0.2, 0) is 65.4 Å². The van der Waals surface area contributed by atoms with Crippen molar-refractivity contribution in [2.45, 2.75) is 329 Å². The van der Waals surface area contributed by atoms with Crippen LogP contribution in [0.3, 0.4) is 0 Å². The molecule has 0 saturated carbocycles. The SMILES string of the molecule is CC/C=C\C/C=C\C/C=C\C/C=C\C/C=C\CC(=O)OCC(COP(=O)(O)OCC(O)COP(=O)(O)OCC(COC(=O)CCCCCCC/C=C\C/C=C\C/C=C\CC)OC(=O)CCCCCCCCCCCCCCCCC)OC(=O)CCCCCCCCCCCCC. The van der Waals surface area contributed by atoms with Gasteiger partial charge in [-0.25, -0.2) is 9.13 Å². The summed E-state index contributed by atoms with van der Waals surface area (Å²) in [6.07, 6.45) is 71.5. The lowest BCUT2D eigenvalue weighted by Gasteiger charge is -2.21. The fraction of sp³-hybridized carbons (Fsp3) is 0.740. The molecule has 0 rings (SSSR count). The molecule has 554 valence electrons. The second-order valence-electron chi connectivity index (χ2n) is 24.9. The Balaban J connectivity index is 5.38. The van der Waals surface area contributed by atoms with Crippen molar-refractivity contribution in [2.24, 2.45) is 0 Å². The average molecular weight is 1390 g/mol. The maximum Gasteiger partial charge on any atom is 0.472 e. The van der Waals surface area contributed by atoms with E-state index in [0.717, 1.165) is 128 Å². The molecule has 0 heterocycles. The number of esters is 4. The number of phosphoric ester groups is 2. The van der Waals surface area contributed by atoms with Gasteiger partial charge in [0.05, 0.1) is 32.8 Å². The number of aliphatic hydroxyl groups is 1. The van der Waals surface area contributed by atoms with Crippen molar-refractivity contribution < 1.29 is 80.2 Å². The molecule has 0 amide bonds. The van der Waals surface area contributed by atoms with Crippen LogP contribution in [0.15, 0.2) is 97.2 Å². The van der Waals surface area contributed by atoms with Crippen molar-refractivity contribution in [1.29, 1.82) is 0 Å². The lowest BCUT2D eigenvalue weighted by atomic mass is 10.0. The predicted octanol–water partition coefficient (Wildman–Crippen LogP) is 21.2. The molecule has 5 unspecified atom stereocenters. The molecule has 0 aromatic heterocycles. The molecule has 0 aromatic rings. The zero-order chi connectivity index (χ0) is 70.4. The summed E-state index contributed by atoms with van der Waals surface area (Å²) < 4.78 is 68.3. The third-order valence-corrected chi connectivity index (χ3v) is 17.5. The number of rotatable bonds is 70. The molecule has 0 radical (unpaired) electrons.